The Labute approximate surface area is 119 Å². The number of para-hydroxylation sites is 1. The lowest BCUT2D eigenvalue weighted by Gasteiger charge is -2.15. The van der Waals surface area contributed by atoms with Crippen molar-refractivity contribution in [3.05, 3.63) is 29.3 Å². The predicted molar refractivity (Wildman–Crippen MR) is 76.6 cm³/mol. The highest BCUT2D eigenvalue weighted by Crippen LogP contribution is 2.23. The first-order valence-electron chi connectivity index (χ1n) is 6.70. The molecule has 0 unspecified atom stereocenters. The van der Waals surface area contributed by atoms with Crippen LogP contribution < -0.4 is 4.74 Å². The van der Waals surface area contributed by atoms with Gasteiger partial charge in [0.1, 0.15) is 18.5 Å². The number of hydrogen-bond acceptors (Lipinski definition) is 3. The van der Waals surface area contributed by atoms with E-state index in [4.69, 9.17) is 21.1 Å². The molecule has 0 aliphatic carbocycles. The Morgan fingerprint density at radius 2 is 2.05 bits per heavy atom. The second kappa shape index (κ2) is 8.81. The molecule has 0 saturated heterocycles. The fraction of sp³-hybridized carbons (Fsp3) is 0.533. The second-order valence-corrected chi connectivity index (χ2v) is 4.91. The van der Waals surface area contributed by atoms with E-state index in [0.717, 1.165) is 19.3 Å². The Morgan fingerprint density at radius 3 is 2.74 bits per heavy atom. The van der Waals surface area contributed by atoms with Crippen molar-refractivity contribution < 1.29 is 14.3 Å². The van der Waals surface area contributed by atoms with Gasteiger partial charge in [-0.15, -0.1) is 0 Å². The summed E-state index contributed by atoms with van der Waals surface area (Å²) in [5.74, 6) is 0.446. The molecule has 1 rings (SSSR count). The maximum Gasteiger partial charge on any atom is 0.306 e. The lowest BCUT2D eigenvalue weighted by Crippen LogP contribution is -2.21. The van der Waals surface area contributed by atoms with Crippen LogP contribution in [0.1, 0.15) is 39.5 Å². The topological polar surface area (TPSA) is 35.5 Å². The van der Waals surface area contributed by atoms with Crippen molar-refractivity contribution in [1.82, 2.24) is 0 Å². The van der Waals surface area contributed by atoms with Gasteiger partial charge in [0.05, 0.1) is 5.02 Å². The number of rotatable bonds is 8. The molecule has 0 aliphatic rings. The molecule has 0 radical (unpaired) electrons. The number of hydrogen-bond donors (Lipinski definition) is 0. The molecular formula is C15H21ClO3. The molecule has 0 fully saturated rings. The quantitative estimate of drug-likeness (QED) is 0.529. The monoisotopic (exact) mass is 284 g/mol. The van der Waals surface area contributed by atoms with Crippen LogP contribution in [0.15, 0.2) is 24.3 Å². The molecule has 0 amide bonds. The van der Waals surface area contributed by atoms with Crippen molar-refractivity contribution in [1.29, 1.82) is 0 Å². The first-order valence-corrected chi connectivity index (χ1v) is 7.08. The van der Waals surface area contributed by atoms with Crippen LogP contribution in [0.5, 0.6) is 5.75 Å². The van der Waals surface area contributed by atoms with E-state index in [9.17, 15) is 4.79 Å². The molecule has 0 bridgehead atoms. The molecule has 106 valence electrons. The molecule has 1 aromatic rings. The summed E-state index contributed by atoms with van der Waals surface area (Å²) in [5, 5.41) is 0.559. The zero-order chi connectivity index (χ0) is 14.1. The van der Waals surface area contributed by atoms with Gasteiger partial charge >= 0.3 is 5.97 Å². The maximum absolute atomic E-state index is 11.5. The highest BCUT2D eigenvalue weighted by atomic mass is 35.5. The lowest BCUT2D eigenvalue weighted by atomic mass is 10.2. The van der Waals surface area contributed by atoms with Crippen LogP contribution >= 0.6 is 11.6 Å². The highest BCUT2D eigenvalue weighted by Gasteiger charge is 2.10. The van der Waals surface area contributed by atoms with Crippen molar-refractivity contribution in [3.63, 3.8) is 0 Å². The van der Waals surface area contributed by atoms with E-state index in [0.29, 0.717) is 23.8 Å². The van der Waals surface area contributed by atoms with Gasteiger partial charge in [-0.3, -0.25) is 4.79 Å². The minimum atomic E-state index is -0.273. The summed E-state index contributed by atoms with van der Waals surface area (Å²) in [7, 11) is 0. The van der Waals surface area contributed by atoms with Gasteiger partial charge in [0.15, 0.2) is 0 Å². The van der Waals surface area contributed by atoms with Gasteiger partial charge in [0.25, 0.3) is 0 Å². The zero-order valence-electron chi connectivity index (χ0n) is 11.5. The number of benzene rings is 1. The van der Waals surface area contributed by atoms with Crippen molar-refractivity contribution >= 4 is 17.6 Å². The minimum Gasteiger partial charge on any atom is -0.488 e. The largest absolute Gasteiger partial charge is 0.488 e. The summed E-state index contributed by atoms with van der Waals surface area (Å²) in [6.07, 6.45) is 3.24. The first kappa shape index (κ1) is 15.8. The van der Waals surface area contributed by atoms with Crippen LogP contribution in [0.3, 0.4) is 0 Å². The predicted octanol–water partition coefficient (Wildman–Crippen LogP) is 4.23. The normalized spacial score (nSPS) is 11.9. The molecule has 0 N–H and O–H groups in total. The Balaban J connectivity index is 2.26. The van der Waals surface area contributed by atoms with Gasteiger partial charge < -0.3 is 9.47 Å². The third kappa shape index (κ3) is 6.48. The van der Waals surface area contributed by atoms with Gasteiger partial charge in [-0.2, -0.15) is 0 Å². The van der Waals surface area contributed by atoms with Crippen molar-refractivity contribution in [2.75, 3.05) is 6.61 Å². The summed E-state index contributed by atoms with van der Waals surface area (Å²) in [6, 6.07) is 7.24. The van der Waals surface area contributed by atoms with E-state index >= 15 is 0 Å². The van der Waals surface area contributed by atoms with E-state index < -0.39 is 0 Å². The average molecular weight is 285 g/mol. The standard InChI is InChI=1S/C15H21ClO3/c1-3-4-5-10-15(17)19-12(2)11-18-14-9-7-6-8-13(14)16/h6-9,12H,3-5,10-11H2,1-2H3/t12-/m0/s1. The van der Waals surface area contributed by atoms with Crippen LogP contribution in [0, 0.1) is 0 Å². The lowest BCUT2D eigenvalue weighted by molar-refractivity contribution is -0.149. The highest BCUT2D eigenvalue weighted by molar-refractivity contribution is 6.32. The number of unbranched alkanes of at least 4 members (excludes halogenated alkanes) is 2. The van der Waals surface area contributed by atoms with Crippen LogP contribution in [-0.4, -0.2) is 18.7 Å². The smallest absolute Gasteiger partial charge is 0.306 e. The Hall–Kier alpha value is -1.22. The molecule has 19 heavy (non-hydrogen) atoms. The van der Waals surface area contributed by atoms with Crippen molar-refractivity contribution in [3.8, 4) is 5.75 Å². The third-order valence-corrected chi connectivity index (χ3v) is 2.94. The molecule has 0 aromatic heterocycles. The molecule has 0 aliphatic heterocycles. The van der Waals surface area contributed by atoms with Gasteiger partial charge in [-0.25, -0.2) is 0 Å². The van der Waals surface area contributed by atoms with E-state index in [-0.39, 0.29) is 12.1 Å². The Morgan fingerprint density at radius 1 is 1.32 bits per heavy atom. The maximum atomic E-state index is 11.5. The third-order valence-electron chi connectivity index (χ3n) is 2.63. The van der Waals surface area contributed by atoms with Gasteiger partial charge in [0, 0.05) is 6.42 Å². The van der Waals surface area contributed by atoms with Crippen LogP contribution in [0.2, 0.25) is 5.02 Å². The number of halogens is 1. The fourth-order valence-corrected chi connectivity index (χ4v) is 1.80. The number of carbonyl (C=O) groups is 1. The van der Waals surface area contributed by atoms with Crippen molar-refractivity contribution in [2.24, 2.45) is 0 Å². The van der Waals surface area contributed by atoms with E-state index in [2.05, 4.69) is 6.92 Å². The summed E-state index contributed by atoms with van der Waals surface area (Å²) in [5.41, 5.74) is 0. The Bertz CT molecular complexity index is 393. The SMILES string of the molecule is CCCCCC(=O)O[C@@H](C)COc1ccccc1Cl. The van der Waals surface area contributed by atoms with Gasteiger partial charge in [-0.1, -0.05) is 43.5 Å². The molecule has 4 heteroatoms. The van der Waals surface area contributed by atoms with Crippen LogP contribution in [0.4, 0.5) is 0 Å². The molecule has 1 atom stereocenters. The molecular weight excluding hydrogens is 264 g/mol. The molecule has 0 spiro atoms. The van der Waals surface area contributed by atoms with Gasteiger partial charge in [0.2, 0.25) is 0 Å². The summed E-state index contributed by atoms with van der Waals surface area (Å²) in [4.78, 5) is 11.5. The average Bonchev–Trinajstić information content (AvgIpc) is 2.38. The summed E-state index contributed by atoms with van der Waals surface area (Å²) < 4.78 is 10.8. The van der Waals surface area contributed by atoms with Crippen LogP contribution in [0.25, 0.3) is 0 Å². The Kier molecular flexibility index (Phi) is 7.34. The minimum absolute atomic E-state index is 0.163. The molecule has 3 nitrogen and oxygen atoms in total. The second-order valence-electron chi connectivity index (χ2n) is 4.50. The molecule has 0 saturated carbocycles. The van der Waals surface area contributed by atoms with Crippen molar-refractivity contribution in [2.45, 2.75) is 45.6 Å². The van der Waals surface area contributed by atoms with Crippen LogP contribution in [-0.2, 0) is 9.53 Å². The summed E-state index contributed by atoms with van der Waals surface area (Å²) in [6.45, 7) is 4.23. The molecule has 1 aromatic carbocycles. The fourth-order valence-electron chi connectivity index (χ4n) is 1.61. The first-order chi connectivity index (χ1) is 9.13. The van der Waals surface area contributed by atoms with E-state index in [1.165, 1.54) is 0 Å². The molecule has 0 heterocycles. The number of carbonyl (C=O) groups excluding carboxylic acids is 1. The van der Waals surface area contributed by atoms with E-state index in [1.807, 2.05) is 19.1 Å². The number of ether oxygens (including phenoxy) is 2. The number of esters is 1. The van der Waals surface area contributed by atoms with Gasteiger partial charge in [-0.05, 0) is 25.5 Å². The van der Waals surface area contributed by atoms with E-state index in [1.54, 1.807) is 12.1 Å². The summed E-state index contributed by atoms with van der Waals surface area (Å²) >= 11 is 5.97. The zero-order valence-corrected chi connectivity index (χ0v) is 12.3.